The van der Waals surface area contributed by atoms with Crippen molar-refractivity contribution in [1.29, 1.82) is 0 Å². The van der Waals surface area contributed by atoms with Crippen LogP contribution in [-0.2, 0) is 14.3 Å². The van der Waals surface area contributed by atoms with Crippen LogP contribution in [0.2, 0.25) is 0 Å². The molecule has 8 heteroatoms. The van der Waals surface area contributed by atoms with Gasteiger partial charge in [0, 0.05) is 113 Å². The third kappa shape index (κ3) is 5.49. The number of hydrogen-bond donors (Lipinski definition) is 2. The van der Waals surface area contributed by atoms with E-state index >= 15 is 0 Å². The second-order valence-electron chi connectivity index (χ2n) is 10.2. The predicted molar refractivity (Wildman–Crippen MR) is 114 cm³/mol. The molecule has 2 aliphatic carbocycles. The number of morpholine rings is 1. The summed E-state index contributed by atoms with van der Waals surface area (Å²) in [5.74, 6) is 0.259. The van der Waals surface area contributed by atoms with Crippen LogP contribution in [0.5, 0.6) is 0 Å². The first-order valence-electron chi connectivity index (χ1n) is 11.5. The van der Waals surface area contributed by atoms with Crippen molar-refractivity contribution in [1.82, 2.24) is 4.90 Å². The van der Waals surface area contributed by atoms with Gasteiger partial charge >= 0.3 is 5.97 Å². The van der Waals surface area contributed by atoms with Gasteiger partial charge in [-0.3, -0.25) is 4.90 Å². The summed E-state index contributed by atoms with van der Waals surface area (Å²) in [5.41, 5.74) is 1.47. The van der Waals surface area contributed by atoms with Crippen molar-refractivity contribution in [3.63, 3.8) is 0 Å². The monoisotopic (exact) mass is 873 g/mol. The van der Waals surface area contributed by atoms with E-state index < -0.39 is 11.5 Å². The van der Waals surface area contributed by atoms with Crippen molar-refractivity contribution < 1.29 is 113 Å². The van der Waals surface area contributed by atoms with E-state index in [0.717, 1.165) is 44.3 Å². The van der Waals surface area contributed by atoms with E-state index in [0.29, 0.717) is 26.2 Å². The molecule has 174 valence electrons. The molecular weight excluding hydrogens is 836 g/mol. The van der Waals surface area contributed by atoms with Crippen molar-refractivity contribution in [3.8, 4) is 0 Å². The average molecular weight is 874 g/mol. The van der Waals surface area contributed by atoms with Gasteiger partial charge in [0.15, 0.2) is 0 Å². The maximum Gasteiger partial charge on any atom is 0.335 e. The number of cyclic esters (lactones) is 1. The molecule has 4 aliphatic rings. The Kier molecular flexibility index (Phi) is 11.5. The Morgan fingerprint density at radius 1 is 1.25 bits per heavy atom. The number of ether oxygens (including phenoxy) is 2. The molecule has 2 radical (unpaired) electrons. The van der Waals surface area contributed by atoms with Crippen LogP contribution in [0.3, 0.4) is 0 Å². The fraction of sp³-hybridized carbons (Fsp3) is 0.792. The zero-order valence-electron chi connectivity index (χ0n) is 19.6. The molecule has 0 aromatic heterocycles. The Morgan fingerprint density at radius 2 is 1.94 bits per heavy atom. The summed E-state index contributed by atoms with van der Waals surface area (Å²) in [6, 6.07) is -0.00606. The fourth-order valence-electron chi connectivity index (χ4n) is 6.87. The van der Waals surface area contributed by atoms with Crippen molar-refractivity contribution in [2.24, 2.45) is 22.7 Å². The van der Waals surface area contributed by atoms with Gasteiger partial charge in [-0.1, -0.05) is 26.0 Å². The molecule has 0 aromatic carbocycles. The molecule has 2 aliphatic heterocycles. The molecule has 0 aromatic rings. The number of allylic oxidation sites excluding steroid dienone is 1. The molecule has 6 nitrogen and oxygen atoms in total. The van der Waals surface area contributed by atoms with Crippen LogP contribution in [0.4, 0.5) is 0 Å². The predicted octanol–water partition coefficient (Wildman–Crippen LogP) is 2.30. The number of hydrogen-bond acceptors (Lipinski definition) is 6. The molecule has 0 amide bonds. The maximum atomic E-state index is 12.5. The second kappa shape index (κ2) is 12.3. The van der Waals surface area contributed by atoms with Gasteiger partial charge in [0.05, 0.1) is 31.5 Å². The summed E-state index contributed by atoms with van der Waals surface area (Å²) < 4.78 is 10.8. The molecule has 1 saturated heterocycles. The molecule has 3 fully saturated rings. The van der Waals surface area contributed by atoms with Gasteiger partial charge in [0.1, 0.15) is 6.61 Å². The number of esters is 1. The number of rotatable bonds is 5. The largest absolute Gasteiger partial charge is 0.458 e. The Balaban J connectivity index is 0.00000181. The zero-order chi connectivity index (χ0) is 21.5. The second-order valence-corrected chi connectivity index (χ2v) is 10.2. The van der Waals surface area contributed by atoms with Gasteiger partial charge in [-0.25, -0.2) is 4.79 Å². The SMILES string of the molecule is C=C1CCC2[C@](C)(CO)C(O)CC[C@]2(C)[C@H]1CC(C1=CCOC1=O)N1CCOCC1.[Ac].[Ac]. The molecule has 0 bridgehead atoms. The summed E-state index contributed by atoms with van der Waals surface area (Å²) in [7, 11) is 0. The Labute approximate surface area is 264 Å². The van der Waals surface area contributed by atoms with Crippen molar-refractivity contribution in [2.75, 3.05) is 39.5 Å². The smallest absolute Gasteiger partial charge is 0.335 e. The van der Waals surface area contributed by atoms with E-state index in [1.807, 2.05) is 13.0 Å². The Bertz CT molecular complexity index is 725. The van der Waals surface area contributed by atoms with Crippen LogP contribution >= 0.6 is 0 Å². The molecule has 0 spiro atoms. The molecular formula is C24H37Ac2NO5. The van der Waals surface area contributed by atoms with Crippen molar-refractivity contribution >= 4 is 5.97 Å². The van der Waals surface area contributed by atoms with Gasteiger partial charge < -0.3 is 19.7 Å². The first-order chi connectivity index (χ1) is 14.3. The van der Waals surface area contributed by atoms with Gasteiger partial charge in [-0.2, -0.15) is 0 Å². The third-order valence-electron chi connectivity index (χ3n) is 8.75. The number of aliphatic hydroxyl groups excluding tert-OH is 2. The van der Waals surface area contributed by atoms with Crippen LogP contribution < -0.4 is 0 Å². The van der Waals surface area contributed by atoms with E-state index in [4.69, 9.17) is 9.47 Å². The van der Waals surface area contributed by atoms with Crippen molar-refractivity contribution in [2.45, 2.75) is 58.1 Å². The van der Waals surface area contributed by atoms with Gasteiger partial charge in [-0.15, -0.1) is 0 Å². The number of aliphatic hydroxyl groups is 2. The standard InChI is InChI=1S/C24H37NO5.2Ac/c1-16-4-5-20-23(2,8-6-21(27)24(20,3)15-26)18(16)14-19(17-7-11-30-22(17)28)25-9-12-29-13-10-25;;/h7,18-21,26-27H,1,4-6,8-15H2,2-3H3;;/t18-,19?,20?,21?,23+,24-;;/m0../s1. The topological polar surface area (TPSA) is 79.2 Å². The third-order valence-corrected chi connectivity index (χ3v) is 8.75. The van der Waals surface area contributed by atoms with Crippen LogP contribution in [0.15, 0.2) is 23.8 Å². The summed E-state index contributed by atoms with van der Waals surface area (Å²) in [6.45, 7) is 12.2. The summed E-state index contributed by atoms with van der Waals surface area (Å²) in [6.07, 6.45) is 5.76. The van der Waals surface area contributed by atoms with Crippen LogP contribution in [0.1, 0.15) is 46.0 Å². The summed E-state index contributed by atoms with van der Waals surface area (Å²) in [5, 5.41) is 21.0. The molecule has 4 rings (SSSR count). The van der Waals surface area contributed by atoms with Crippen LogP contribution in [0, 0.1) is 111 Å². The summed E-state index contributed by atoms with van der Waals surface area (Å²) >= 11 is 0. The zero-order valence-corrected chi connectivity index (χ0v) is 29.1. The number of nitrogens with zero attached hydrogens (tertiary/aromatic N) is 1. The quantitative estimate of drug-likeness (QED) is 0.327. The number of carbonyl (C=O) groups excluding carboxylic acids is 1. The molecule has 32 heavy (non-hydrogen) atoms. The first kappa shape index (κ1) is 29.9. The van der Waals surface area contributed by atoms with E-state index in [1.165, 1.54) is 5.57 Å². The first-order valence-corrected chi connectivity index (χ1v) is 11.5. The minimum Gasteiger partial charge on any atom is -0.458 e. The maximum absolute atomic E-state index is 12.5. The molecule has 3 unspecified atom stereocenters. The molecule has 2 N–H and O–H groups in total. The van der Waals surface area contributed by atoms with Gasteiger partial charge in [-0.05, 0) is 55.4 Å². The fourth-order valence-corrected chi connectivity index (χ4v) is 6.87. The van der Waals surface area contributed by atoms with E-state index in [1.54, 1.807) is 0 Å². The van der Waals surface area contributed by atoms with E-state index in [-0.39, 0.29) is 124 Å². The minimum atomic E-state index is -0.494. The summed E-state index contributed by atoms with van der Waals surface area (Å²) in [4.78, 5) is 14.9. The minimum absolute atomic E-state index is 0. The Hall–Kier alpha value is 1.67. The molecule has 2 saturated carbocycles. The van der Waals surface area contributed by atoms with Gasteiger partial charge in [0.2, 0.25) is 0 Å². The average Bonchev–Trinajstić information content (AvgIpc) is 3.17. The van der Waals surface area contributed by atoms with E-state index in [2.05, 4.69) is 18.4 Å². The van der Waals surface area contributed by atoms with Crippen LogP contribution in [-0.4, -0.2) is 72.7 Å². The number of fused-ring (bicyclic) bond motifs is 1. The normalized spacial score (nSPS) is 38.6. The molecule has 2 heterocycles. The molecule has 6 atom stereocenters. The van der Waals surface area contributed by atoms with Crippen LogP contribution in [0.25, 0.3) is 0 Å². The number of carbonyl (C=O) groups is 1. The van der Waals surface area contributed by atoms with Gasteiger partial charge in [0.25, 0.3) is 0 Å². The van der Waals surface area contributed by atoms with Crippen molar-refractivity contribution in [3.05, 3.63) is 23.8 Å². The van der Waals surface area contributed by atoms with E-state index in [9.17, 15) is 15.0 Å². The Morgan fingerprint density at radius 3 is 2.53 bits per heavy atom.